The number of hydrogen-bond acceptors (Lipinski definition) is 8. The number of fused-ring (bicyclic) bond motifs is 1. The van der Waals surface area contributed by atoms with E-state index in [-0.39, 0.29) is 17.6 Å². The summed E-state index contributed by atoms with van der Waals surface area (Å²) in [5.41, 5.74) is 4.19. The SMILES string of the molecule is Cc1cc(Nc2nccn3c(-c4ccc(OC(F)F)cc4)cnc23)ccc1C(=O)N1CCN(C(=O)[C@@H]2CCNC[C@H]2O)CC1. The van der Waals surface area contributed by atoms with Gasteiger partial charge in [0, 0.05) is 61.9 Å². The molecule has 2 fully saturated rings. The highest BCUT2D eigenvalue weighted by Gasteiger charge is 2.34. The number of piperazine rings is 1. The van der Waals surface area contributed by atoms with E-state index < -0.39 is 18.6 Å². The molecule has 44 heavy (non-hydrogen) atoms. The lowest BCUT2D eigenvalue weighted by Crippen LogP contribution is -2.55. The van der Waals surface area contributed by atoms with Crippen LogP contribution in [0.15, 0.2) is 61.1 Å². The number of hydrogen-bond donors (Lipinski definition) is 3. The third kappa shape index (κ3) is 6.06. The molecule has 2 aliphatic heterocycles. The van der Waals surface area contributed by atoms with E-state index in [0.717, 1.165) is 22.5 Å². The lowest BCUT2D eigenvalue weighted by atomic mass is 9.93. The second-order valence-corrected chi connectivity index (χ2v) is 11.0. The van der Waals surface area contributed by atoms with E-state index in [2.05, 4.69) is 25.3 Å². The van der Waals surface area contributed by atoms with Crippen molar-refractivity contribution in [3.05, 3.63) is 72.2 Å². The van der Waals surface area contributed by atoms with Gasteiger partial charge in [0.15, 0.2) is 11.5 Å². The molecule has 6 rings (SSSR count). The average molecular weight is 606 g/mol. The number of aryl methyl sites for hydroxylation is 1. The van der Waals surface area contributed by atoms with E-state index in [1.165, 1.54) is 12.1 Å². The first-order chi connectivity index (χ1) is 21.3. The van der Waals surface area contributed by atoms with Crippen molar-refractivity contribution in [3.8, 4) is 17.0 Å². The van der Waals surface area contributed by atoms with Crippen molar-refractivity contribution in [2.45, 2.75) is 26.1 Å². The summed E-state index contributed by atoms with van der Waals surface area (Å²) in [5, 5.41) is 16.6. The van der Waals surface area contributed by atoms with Gasteiger partial charge >= 0.3 is 6.61 Å². The lowest BCUT2D eigenvalue weighted by Gasteiger charge is -2.38. The number of aromatic nitrogens is 3. The van der Waals surface area contributed by atoms with Crippen LogP contribution < -0.4 is 15.4 Å². The van der Waals surface area contributed by atoms with Crippen LogP contribution in [-0.4, -0.2) is 93.1 Å². The molecule has 0 bridgehead atoms. The topological polar surface area (TPSA) is 124 Å². The van der Waals surface area contributed by atoms with Crippen molar-refractivity contribution in [2.75, 3.05) is 44.6 Å². The van der Waals surface area contributed by atoms with E-state index in [1.54, 1.807) is 46.6 Å². The molecule has 0 radical (unpaired) electrons. The zero-order valence-electron chi connectivity index (χ0n) is 24.1. The van der Waals surface area contributed by atoms with Gasteiger partial charge in [0.05, 0.1) is 23.9 Å². The fraction of sp³-hybridized carbons (Fsp3) is 0.355. The van der Waals surface area contributed by atoms with Crippen molar-refractivity contribution in [1.82, 2.24) is 29.5 Å². The molecule has 11 nitrogen and oxygen atoms in total. The number of anilines is 2. The molecule has 2 atom stereocenters. The summed E-state index contributed by atoms with van der Waals surface area (Å²) in [4.78, 5) is 38.8. The molecule has 3 N–H and O–H groups in total. The molecule has 2 aromatic heterocycles. The minimum absolute atomic E-state index is 0.0386. The number of nitrogens with zero attached hydrogens (tertiary/aromatic N) is 5. The molecular formula is C31H33F2N7O4. The van der Waals surface area contributed by atoms with Crippen LogP contribution in [0.2, 0.25) is 0 Å². The number of alkyl halides is 2. The Hall–Kier alpha value is -4.62. The Bertz CT molecular complexity index is 1650. The van der Waals surface area contributed by atoms with Crippen LogP contribution in [0.5, 0.6) is 5.75 Å². The molecule has 4 heterocycles. The zero-order valence-corrected chi connectivity index (χ0v) is 24.1. The van der Waals surface area contributed by atoms with E-state index in [0.29, 0.717) is 62.7 Å². The monoisotopic (exact) mass is 605 g/mol. The Morgan fingerprint density at radius 2 is 1.82 bits per heavy atom. The standard InChI is InChI=1S/C31H33F2N7O4/c1-19-16-21(4-7-23(19)29(42)38-12-14-39(15-13-38)30(43)24-8-9-34-18-26(24)41)37-27-28-36-17-25(40(28)11-10-35-27)20-2-5-22(6-3-20)44-31(32)33/h2-7,10-11,16-17,24,26,31,34,41H,8-9,12-15,18H2,1H3,(H,35,37)/t24-,26-/m1/s1. The fourth-order valence-electron chi connectivity index (χ4n) is 5.81. The van der Waals surface area contributed by atoms with Crippen LogP contribution in [0.1, 0.15) is 22.3 Å². The van der Waals surface area contributed by atoms with Crippen molar-refractivity contribution >= 4 is 29.0 Å². The van der Waals surface area contributed by atoms with Gasteiger partial charge in [-0.1, -0.05) is 0 Å². The number of piperidine rings is 1. The minimum atomic E-state index is -2.89. The van der Waals surface area contributed by atoms with Crippen LogP contribution in [0.4, 0.5) is 20.3 Å². The molecular weight excluding hydrogens is 572 g/mol. The first kappa shape index (κ1) is 29.5. The van der Waals surface area contributed by atoms with E-state index in [4.69, 9.17) is 0 Å². The lowest BCUT2D eigenvalue weighted by molar-refractivity contribution is -0.141. The summed E-state index contributed by atoms with van der Waals surface area (Å²) < 4.78 is 31.3. The highest BCUT2D eigenvalue weighted by atomic mass is 19.3. The largest absolute Gasteiger partial charge is 0.435 e. The Balaban J connectivity index is 1.11. The number of aliphatic hydroxyl groups excluding tert-OH is 1. The number of amides is 2. The number of halogens is 2. The van der Waals surface area contributed by atoms with Crippen molar-refractivity contribution in [3.63, 3.8) is 0 Å². The van der Waals surface area contributed by atoms with Gasteiger partial charge < -0.3 is 30.3 Å². The van der Waals surface area contributed by atoms with Gasteiger partial charge in [-0.15, -0.1) is 0 Å². The molecule has 2 aromatic carbocycles. The first-order valence-electron chi connectivity index (χ1n) is 14.5. The van der Waals surface area contributed by atoms with Gasteiger partial charge in [-0.3, -0.25) is 14.0 Å². The zero-order chi connectivity index (χ0) is 30.8. The number of aliphatic hydroxyl groups is 1. The number of carbonyl (C=O) groups excluding carboxylic acids is 2. The summed E-state index contributed by atoms with van der Waals surface area (Å²) in [5.74, 6) is 0.0602. The fourth-order valence-corrected chi connectivity index (χ4v) is 5.81. The quantitative estimate of drug-likeness (QED) is 0.293. The van der Waals surface area contributed by atoms with Gasteiger partial charge in [0.1, 0.15) is 5.75 Å². The van der Waals surface area contributed by atoms with E-state index in [1.807, 2.05) is 23.5 Å². The van der Waals surface area contributed by atoms with Crippen molar-refractivity contribution in [1.29, 1.82) is 0 Å². The summed E-state index contributed by atoms with van der Waals surface area (Å²) >= 11 is 0. The number of β-amino-alcohol motifs (C(OH)–C–C–N with tert-alkyl or cyclic N) is 1. The highest BCUT2D eigenvalue weighted by Crippen LogP contribution is 2.28. The summed E-state index contributed by atoms with van der Waals surface area (Å²) in [6.45, 7) is 1.86. The number of ether oxygens (including phenoxy) is 1. The second kappa shape index (κ2) is 12.5. The smallest absolute Gasteiger partial charge is 0.387 e. The van der Waals surface area contributed by atoms with Crippen molar-refractivity contribution in [2.24, 2.45) is 5.92 Å². The number of rotatable bonds is 7. The summed E-state index contributed by atoms with van der Waals surface area (Å²) in [7, 11) is 0. The molecule has 2 amide bonds. The van der Waals surface area contributed by atoms with Crippen LogP contribution in [0.3, 0.4) is 0 Å². The van der Waals surface area contributed by atoms with Gasteiger partial charge in [0.25, 0.3) is 5.91 Å². The maximum Gasteiger partial charge on any atom is 0.387 e. The average Bonchev–Trinajstić information content (AvgIpc) is 3.46. The van der Waals surface area contributed by atoms with Gasteiger partial charge in [-0.25, -0.2) is 9.97 Å². The van der Waals surface area contributed by atoms with Crippen molar-refractivity contribution < 1.29 is 28.2 Å². The first-order valence-corrected chi connectivity index (χ1v) is 14.5. The van der Waals surface area contributed by atoms with Crippen LogP contribution >= 0.6 is 0 Å². The Morgan fingerprint density at radius 1 is 1.07 bits per heavy atom. The summed E-state index contributed by atoms with van der Waals surface area (Å²) in [6.07, 6.45) is 5.01. The molecule has 0 spiro atoms. The normalized spacial score (nSPS) is 18.9. The van der Waals surface area contributed by atoms with Crippen LogP contribution in [0.25, 0.3) is 16.9 Å². The molecule has 2 aliphatic rings. The Morgan fingerprint density at radius 3 is 2.52 bits per heavy atom. The number of carbonyl (C=O) groups is 2. The molecule has 0 aliphatic carbocycles. The van der Waals surface area contributed by atoms with Gasteiger partial charge in [0.2, 0.25) is 5.91 Å². The minimum Gasteiger partial charge on any atom is -0.435 e. The van der Waals surface area contributed by atoms with E-state index in [9.17, 15) is 23.5 Å². The molecule has 230 valence electrons. The Labute approximate surface area is 252 Å². The van der Waals surface area contributed by atoms with E-state index >= 15 is 0 Å². The van der Waals surface area contributed by atoms with Crippen LogP contribution in [-0.2, 0) is 4.79 Å². The highest BCUT2D eigenvalue weighted by molar-refractivity contribution is 5.96. The number of imidazole rings is 1. The number of benzene rings is 2. The van der Waals surface area contributed by atoms with Gasteiger partial charge in [-0.2, -0.15) is 8.78 Å². The molecule has 0 unspecified atom stereocenters. The predicted molar refractivity (Wildman–Crippen MR) is 159 cm³/mol. The maximum atomic E-state index is 13.4. The van der Waals surface area contributed by atoms with Gasteiger partial charge in [-0.05, 0) is 67.9 Å². The summed E-state index contributed by atoms with van der Waals surface area (Å²) in [6, 6.07) is 11.8. The second-order valence-electron chi connectivity index (χ2n) is 11.0. The molecule has 2 saturated heterocycles. The maximum absolute atomic E-state index is 13.4. The molecule has 0 saturated carbocycles. The third-order valence-electron chi connectivity index (χ3n) is 8.17. The number of nitrogens with one attached hydrogen (secondary N) is 2. The molecule has 13 heteroatoms. The molecule has 4 aromatic rings. The predicted octanol–water partition coefficient (Wildman–Crippen LogP) is 3.30. The Kier molecular flexibility index (Phi) is 8.40. The van der Waals surface area contributed by atoms with Crippen LogP contribution in [0, 0.1) is 12.8 Å². The third-order valence-corrected chi connectivity index (χ3v) is 8.17.